The van der Waals surface area contributed by atoms with E-state index in [9.17, 15) is 9.18 Å². The van der Waals surface area contributed by atoms with Crippen molar-refractivity contribution in [2.24, 2.45) is 0 Å². The number of hydrogen-bond acceptors (Lipinski definition) is 6. The summed E-state index contributed by atoms with van der Waals surface area (Å²) in [5.41, 5.74) is 3.72. The highest BCUT2D eigenvalue weighted by Gasteiger charge is 2.14. The second-order valence-corrected chi connectivity index (χ2v) is 7.43. The molecule has 0 fully saturated rings. The number of hydrogen-bond donors (Lipinski definition) is 1. The molecule has 0 aliphatic heterocycles. The molecule has 1 aromatic carbocycles. The Balaban J connectivity index is 1.60. The number of halogens is 1. The largest absolute Gasteiger partial charge is 0.360 e. The third-order valence-electron chi connectivity index (χ3n) is 5.16. The Bertz CT molecular complexity index is 1450. The van der Waals surface area contributed by atoms with Gasteiger partial charge in [0, 0.05) is 24.2 Å². The van der Waals surface area contributed by atoms with Crippen molar-refractivity contribution in [2.45, 2.75) is 13.1 Å². The predicted molar refractivity (Wildman–Crippen MR) is 124 cm³/mol. The number of benzene rings is 1. The zero-order chi connectivity index (χ0) is 22.6. The maximum absolute atomic E-state index is 13.4. The summed E-state index contributed by atoms with van der Waals surface area (Å²) in [6, 6.07) is 19.0. The first-order valence-corrected chi connectivity index (χ1v) is 10.4. The molecule has 0 bridgehead atoms. The van der Waals surface area contributed by atoms with Crippen LogP contribution in [0, 0.1) is 5.82 Å². The fraction of sp³-hybridized carbons (Fsp3) is 0.0800. The van der Waals surface area contributed by atoms with E-state index in [-0.39, 0.29) is 23.7 Å². The number of fused-ring (bicyclic) bond motifs is 1. The monoisotopic (exact) mass is 438 g/mol. The molecular formula is C25H19FN6O. The Kier molecular flexibility index (Phi) is 5.55. The van der Waals surface area contributed by atoms with Crippen LogP contribution in [0.15, 0.2) is 90.1 Å². The molecule has 5 aromatic rings. The van der Waals surface area contributed by atoms with E-state index in [2.05, 4.69) is 20.3 Å². The topological polar surface area (TPSA) is 85.6 Å². The van der Waals surface area contributed by atoms with Gasteiger partial charge >= 0.3 is 0 Å². The van der Waals surface area contributed by atoms with Gasteiger partial charge in [0.15, 0.2) is 11.5 Å². The van der Waals surface area contributed by atoms with E-state index in [0.29, 0.717) is 23.4 Å². The van der Waals surface area contributed by atoms with Crippen LogP contribution in [0.3, 0.4) is 0 Å². The molecule has 7 nitrogen and oxygen atoms in total. The van der Waals surface area contributed by atoms with Crippen LogP contribution < -0.4 is 10.9 Å². The average molecular weight is 438 g/mol. The molecule has 0 radical (unpaired) electrons. The molecule has 162 valence electrons. The lowest BCUT2D eigenvalue weighted by atomic mass is 10.1. The van der Waals surface area contributed by atoms with Crippen LogP contribution in [-0.4, -0.2) is 24.5 Å². The number of nitrogens with one attached hydrogen (secondary N) is 1. The number of rotatable bonds is 6. The van der Waals surface area contributed by atoms with Gasteiger partial charge in [0.05, 0.1) is 24.5 Å². The Labute approximate surface area is 188 Å². The molecule has 5 rings (SSSR count). The van der Waals surface area contributed by atoms with Crippen molar-refractivity contribution in [2.75, 3.05) is 5.32 Å². The first-order chi connectivity index (χ1) is 16.2. The minimum absolute atomic E-state index is 0.216. The third-order valence-corrected chi connectivity index (χ3v) is 5.16. The van der Waals surface area contributed by atoms with Crippen LogP contribution in [0.5, 0.6) is 0 Å². The summed E-state index contributed by atoms with van der Waals surface area (Å²) in [4.78, 5) is 31.1. The first kappa shape index (κ1) is 20.4. The molecule has 0 aliphatic rings. The fourth-order valence-corrected chi connectivity index (χ4v) is 3.51. The Hall–Kier alpha value is -4.46. The van der Waals surface area contributed by atoms with Crippen molar-refractivity contribution >= 4 is 17.0 Å². The number of nitrogens with zero attached hydrogens (tertiary/aromatic N) is 5. The molecule has 0 unspecified atom stereocenters. The van der Waals surface area contributed by atoms with E-state index in [1.165, 1.54) is 12.1 Å². The smallest absolute Gasteiger partial charge is 0.295 e. The van der Waals surface area contributed by atoms with Gasteiger partial charge in [-0.3, -0.25) is 19.3 Å². The van der Waals surface area contributed by atoms with Crippen LogP contribution >= 0.6 is 0 Å². The fourth-order valence-electron chi connectivity index (χ4n) is 3.51. The minimum atomic E-state index is -0.321. The summed E-state index contributed by atoms with van der Waals surface area (Å²) in [6.07, 6.45) is 5.09. The number of anilines is 1. The van der Waals surface area contributed by atoms with E-state index in [1.54, 1.807) is 35.3 Å². The van der Waals surface area contributed by atoms with E-state index < -0.39 is 0 Å². The highest BCUT2D eigenvalue weighted by Crippen LogP contribution is 2.21. The second kappa shape index (κ2) is 8.96. The molecule has 0 saturated heterocycles. The lowest BCUT2D eigenvalue weighted by molar-refractivity contribution is 0.628. The van der Waals surface area contributed by atoms with Gasteiger partial charge in [-0.1, -0.05) is 12.1 Å². The molecular weight excluding hydrogens is 419 g/mol. The molecule has 0 spiro atoms. The molecule has 0 aliphatic carbocycles. The maximum atomic E-state index is 13.4. The summed E-state index contributed by atoms with van der Waals surface area (Å²) in [6.45, 7) is 0.645. The molecule has 8 heteroatoms. The molecule has 0 saturated carbocycles. The second-order valence-electron chi connectivity index (χ2n) is 7.43. The van der Waals surface area contributed by atoms with Gasteiger partial charge in [0.2, 0.25) is 0 Å². The van der Waals surface area contributed by atoms with Gasteiger partial charge in [0.25, 0.3) is 5.56 Å². The summed E-state index contributed by atoms with van der Waals surface area (Å²) >= 11 is 0. The summed E-state index contributed by atoms with van der Waals surface area (Å²) in [5.74, 6) is -0.105. The summed E-state index contributed by atoms with van der Waals surface area (Å²) < 4.78 is 14.9. The molecule has 1 N–H and O–H groups in total. The van der Waals surface area contributed by atoms with Crippen molar-refractivity contribution < 1.29 is 4.39 Å². The number of aromatic nitrogens is 5. The highest BCUT2D eigenvalue weighted by atomic mass is 19.1. The quantitative estimate of drug-likeness (QED) is 0.431. The van der Waals surface area contributed by atoms with Crippen molar-refractivity contribution in [1.82, 2.24) is 24.5 Å². The van der Waals surface area contributed by atoms with Gasteiger partial charge in [-0.15, -0.1) is 0 Å². The van der Waals surface area contributed by atoms with Crippen LogP contribution in [-0.2, 0) is 13.1 Å². The van der Waals surface area contributed by atoms with Crippen molar-refractivity contribution in [1.29, 1.82) is 0 Å². The lowest BCUT2D eigenvalue weighted by Crippen LogP contribution is -2.26. The normalized spacial score (nSPS) is 10.9. The highest BCUT2D eigenvalue weighted by molar-refractivity contribution is 5.76. The lowest BCUT2D eigenvalue weighted by Gasteiger charge is -2.13. The van der Waals surface area contributed by atoms with E-state index in [0.717, 1.165) is 16.8 Å². The van der Waals surface area contributed by atoms with E-state index >= 15 is 0 Å². The van der Waals surface area contributed by atoms with Crippen LogP contribution in [0.1, 0.15) is 11.3 Å². The Morgan fingerprint density at radius 3 is 2.55 bits per heavy atom. The third kappa shape index (κ3) is 4.45. The Morgan fingerprint density at radius 1 is 0.909 bits per heavy atom. The first-order valence-electron chi connectivity index (χ1n) is 10.4. The summed E-state index contributed by atoms with van der Waals surface area (Å²) in [7, 11) is 0. The minimum Gasteiger partial charge on any atom is -0.360 e. The average Bonchev–Trinajstić information content (AvgIpc) is 2.86. The van der Waals surface area contributed by atoms with Gasteiger partial charge in [-0.2, -0.15) is 0 Å². The van der Waals surface area contributed by atoms with Gasteiger partial charge in [-0.05, 0) is 60.2 Å². The predicted octanol–water partition coefficient (Wildman–Crippen LogP) is 4.05. The van der Waals surface area contributed by atoms with Crippen molar-refractivity contribution in [3.8, 4) is 11.3 Å². The van der Waals surface area contributed by atoms with Crippen LogP contribution in [0.25, 0.3) is 22.4 Å². The van der Waals surface area contributed by atoms with Crippen molar-refractivity contribution in [3.63, 3.8) is 0 Å². The SMILES string of the molecule is O=c1c(NCc2ccccn2)nc2ccc(-c3ccc(F)cc3)nc2n1Cc1cccnc1. The molecule has 4 heterocycles. The van der Waals surface area contributed by atoms with E-state index in [1.807, 2.05) is 42.5 Å². The van der Waals surface area contributed by atoms with Crippen LogP contribution in [0.2, 0.25) is 0 Å². The molecule has 4 aromatic heterocycles. The standard InChI is InChI=1S/C25H19FN6O/c26-19-8-6-18(7-9-19)21-10-11-22-24(31-21)32(16-17-4-3-12-27-14-17)25(33)23(30-22)29-15-20-5-1-2-13-28-20/h1-14H,15-16H2,(H,29,30). The van der Waals surface area contributed by atoms with Gasteiger partial charge < -0.3 is 5.32 Å². The number of pyridine rings is 3. The zero-order valence-electron chi connectivity index (χ0n) is 17.5. The summed E-state index contributed by atoms with van der Waals surface area (Å²) in [5, 5.41) is 3.11. The van der Waals surface area contributed by atoms with E-state index in [4.69, 9.17) is 4.98 Å². The molecule has 0 amide bonds. The molecule has 33 heavy (non-hydrogen) atoms. The zero-order valence-corrected chi connectivity index (χ0v) is 17.5. The van der Waals surface area contributed by atoms with Crippen LogP contribution in [0.4, 0.5) is 10.2 Å². The van der Waals surface area contributed by atoms with Gasteiger partial charge in [0.1, 0.15) is 11.3 Å². The maximum Gasteiger partial charge on any atom is 0.295 e. The Morgan fingerprint density at radius 2 is 1.79 bits per heavy atom. The van der Waals surface area contributed by atoms with Gasteiger partial charge in [-0.25, -0.2) is 14.4 Å². The molecule has 0 atom stereocenters. The van der Waals surface area contributed by atoms with Crippen molar-refractivity contribution in [3.05, 3.63) is 113 Å².